The average Bonchev–Trinajstić information content (AvgIpc) is 3.20. The number of carboxylic acids is 1. The maximum atomic E-state index is 11.7. The first-order chi connectivity index (χ1) is 9.10. The predicted octanol–water partition coefficient (Wildman–Crippen LogP) is 2.52. The van der Waals surface area contributed by atoms with Crippen molar-refractivity contribution >= 4 is 17.6 Å². The van der Waals surface area contributed by atoms with Crippen LogP contribution in [-0.4, -0.2) is 24.1 Å². The Morgan fingerprint density at radius 3 is 2.74 bits per heavy atom. The fourth-order valence-electron chi connectivity index (χ4n) is 1.88. The summed E-state index contributed by atoms with van der Waals surface area (Å²) in [5.74, 6) is -0.0140. The van der Waals surface area contributed by atoms with E-state index in [-0.39, 0.29) is 11.5 Å². The standard InChI is InChI=1S/C14H17NO4/c1-19-12-8-10(14(17)18)5-6-11(12)15-13(16)7-4-9-2-3-9/h5-6,8-9H,2-4,7H2,1H3,(H,15,16)(H,17,18). The monoisotopic (exact) mass is 263 g/mol. The zero-order valence-electron chi connectivity index (χ0n) is 10.8. The van der Waals surface area contributed by atoms with Crippen molar-refractivity contribution in [3.05, 3.63) is 23.8 Å². The molecule has 1 aromatic rings. The zero-order chi connectivity index (χ0) is 13.8. The number of amides is 1. The number of ether oxygens (including phenoxy) is 1. The van der Waals surface area contributed by atoms with Crippen LogP contribution in [0.4, 0.5) is 5.69 Å². The Hall–Kier alpha value is -2.04. The van der Waals surface area contributed by atoms with E-state index in [1.807, 2.05) is 0 Å². The molecule has 102 valence electrons. The van der Waals surface area contributed by atoms with E-state index in [4.69, 9.17) is 9.84 Å². The van der Waals surface area contributed by atoms with Crippen LogP contribution in [0, 0.1) is 5.92 Å². The van der Waals surface area contributed by atoms with Crippen LogP contribution in [0.3, 0.4) is 0 Å². The van der Waals surface area contributed by atoms with Gasteiger partial charge in [0.15, 0.2) is 0 Å². The largest absolute Gasteiger partial charge is 0.495 e. The number of carbonyl (C=O) groups is 2. The lowest BCUT2D eigenvalue weighted by Gasteiger charge is -2.10. The van der Waals surface area contributed by atoms with Crippen LogP contribution in [0.25, 0.3) is 0 Å². The number of aromatic carboxylic acids is 1. The highest BCUT2D eigenvalue weighted by Gasteiger charge is 2.22. The summed E-state index contributed by atoms with van der Waals surface area (Å²) in [6.07, 6.45) is 3.86. The SMILES string of the molecule is COc1cc(C(=O)O)ccc1NC(=O)CCC1CC1. The van der Waals surface area contributed by atoms with Gasteiger partial charge in [0.25, 0.3) is 0 Å². The minimum atomic E-state index is -1.02. The van der Waals surface area contributed by atoms with Gasteiger partial charge < -0.3 is 15.2 Å². The van der Waals surface area contributed by atoms with E-state index in [0.717, 1.165) is 6.42 Å². The van der Waals surface area contributed by atoms with E-state index in [1.165, 1.54) is 32.1 Å². The normalized spacial score (nSPS) is 13.9. The number of anilines is 1. The smallest absolute Gasteiger partial charge is 0.335 e. The van der Waals surface area contributed by atoms with Gasteiger partial charge in [-0.15, -0.1) is 0 Å². The van der Waals surface area contributed by atoms with Gasteiger partial charge in [0.1, 0.15) is 5.75 Å². The number of carboxylic acid groups (broad SMARTS) is 1. The molecule has 1 aliphatic carbocycles. The lowest BCUT2D eigenvalue weighted by Crippen LogP contribution is -2.12. The molecule has 0 atom stereocenters. The van der Waals surface area contributed by atoms with Crippen molar-refractivity contribution in [1.29, 1.82) is 0 Å². The van der Waals surface area contributed by atoms with Crippen LogP contribution in [-0.2, 0) is 4.79 Å². The van der Waals surface area contributed by atoms with E-state index in [2.05, 4.69) is 5.32 Å². The highest BCUT2D eigenvalue weighted by molar-refractivity contribution is 5.94. The summed E-state index contributed by atoms with van der Waals surface area (Å²) >= 11 is 0. The molecule has 5 nitrogen and oxygen atoms in total. The molecule has 0 unspecified atom stereocenters. The molecule has 1 amide bonds. The fraction of sp³-hybridized carbons (Fsp3) is 0.429. The third kappa shape index (κ3) is 3.71. The third-order valence-corrected chi connectivity index (χ3v) is 3.20. The fourth-order valence-corrected chi connectivity index (χ4v) is 1.88. The van der Waals surface area contributed by atoms with Gasteiger partial charge in [-0.2, -0.15) is 0 Å². The molecule has 1 saturated carbocycles. The maximum Gasteiger partial charge on any atom is 0.335 e. The highest BCUT2D eigenvalue weighted by atomic mass is 16.5. The summed E-state index contributed by atoms with van der Waals surface area (Å²) in [6, 6.07) is 4.40. The van der Waals surface area contributed by atoms with Crippen LogP contribution in [0.5, 0.6) is 5.75 Å². The predicted molar refractivity (Wildman–Crippen MR) is 70.5 cm³/mol. The topological polar surface area (TPSA) is 75.6 Å². The average molecular weight is 263 g/mol. The zero-order valence-corrected chi connectivity index (χ0v) is 10.8. The van der Waals surface area contributed by atoms with Crippen LogP contribution in [0.1, 0.15) is 36.0 Å². The Kier molecular flexibility index (Phi) is 4.04. The summed E-state index contributed by atoms with van der Waals surface area (Å²) in [5, 5.41) is 11.6. The first-order valence-corrected chi connectivity index (χ1v) is 6.31. The lowest BCUT2D eigenvalue weighted by atomic mass is 10.1. The van der Waals surface area contributed by atoms with Crippen molar-refractivity contribution in [3.63, 3.8) is 0 Å². The summed E-state index contributed by atoms with van der Waals surface area (Å²) in [7, 11) is 1.45. The van der Waals surface area contributed by atoms with Crippen molar-refractivity contribution in [2.75, 3.05) is 12.4 Å². The molecule has 0 aromatic heterocycles. The first-order valence-electron chi connectivity index (χ1n) is 6.31. The number of rotatable bonds is 6. The minimum Gasteiger partial charge on any atom is -0.495 e. The Morgan fingerprint density at radius 2 is 2.16 bits per heavy atom. The Labute approximate surface area is 111 Å². The van der Waals surface area contributed by atoms with Gasteiger partial charge in [-0.1, -0.05) is 12.8 Å². The minimum absolute atomic E-state index is 0.0618. The molecule has 1 aromatic carbocycles. The van der Waals surface area contributed by atoms with Gasteiger partial charge in [0.05, 0.1) is 18.4 Å². The van der Waals surface area contributed by atoms with E-state index >= 15 is 0 Å². The van der Waals surface area contributed by atoms with Gasteiger partial charge in [0, 0.05) is 6.42 Å². The number of nitrogens with one attached hydrogen (secondary N) is 1. The number of hydrogen-bond donors (Lipinski definition) is 2. The molecule has 5 heteroatoms. The molecule has 0 heterocycles. The van der Waals surface area contributed by atoms with E-state index in [1.54, 1.807) is 6.07 Å². The highest BCUT2D eigenvalue weighted by Crippen LogP contribution is 2.33. The van der Waals surface area contributed by atoms with Crippen LogP contribution in [0.15, 0.2) is 18.2 Å². The molecule has 2 rings (SSSR count). The van der Waals surface area contributed by atoms with Gasteiger partial charge in [-0.05, 0) is 30.5 Å². The first kappa shape index (κ1) is 13.4. The van der Waals surface area contributed by atoms with E-state index < -0.39 is 5.97 Å². The maximum absolute atomic E-state index is 11.7. The number of carbonyl (C=O) groups excluding carboxylic acids is 1. The summed E-state index contributed by atoms with van der Waals surface area (Å²) in [5.41, 5.74) is 0.640. The Balaban J connectivity index is 2.01. The molecule has 19 heavy (non-hydrogen) atoms. The number of methoxy groups -OCH3 is 1. The summed E-state index contributed by atoms with van der Waals surface area (Å²) < 4.78 is 5.10. The van der Waals surface area contributed by atoms with Crippen molar-refractivity contribution in [2.45, 2.75) is 25.7 Å². The summed E-state index contributed by atoms with van der Waals surface area (Å²) in [6.45, 7) is 0. The molecule has 2 N–H and O–H groups in total. The molecule has 1 aliphatic rings. The molecular weight excluding hydrogens is 246 g/mol. The van der Waals surface area contributed by atoms with Gasteiger partial charge in [0.2, 0.25) is 5.91 Å². The van der Waals surface area contributed by atoms with Gasteiger partial charge >= 0.3 is 5.97 Å². The quantitative estimate of drug-likeness (QED) is 0.827. The van der Waals surface area contributed by atoms with Crippen LogP contribution in [0.2, 0.25) is 0 Å². The second-order valence-electron chi connectivity index (χ2n) is 4.75. The van der Waals surface area contributed by atoms with Gasteiger partial charge in [-0.25, -0.2) is 4.79 Å². The molecular formula is C14H17NO4. The van der Waals surface area contributed by atoms with Crippen molar-refractivity contribution in [1.82, 2.24) is 0 Å². The van der Waals surface area contributed by atoms with Crippen LogP contribution < -0.4 is 10.1 Å². The van der Waals surface area contributed by atoms with Gasteiger partial charge in [-0.3, -0.25) is 4.79 Å². The van der Waals surface area contributed by atoms with E-state index in [0.29, 0.717) is 23.8 Å². The number of benzene rings is 1. The van der Waals surface area contributed by atoms with Crippen molar-refractivity contribution < 1.29 is 19.4 Å². The van der Waals surface area contributed by atoms with Crippen LogP contribution >= 0.6 is 0 Å². The molecule has 0 spiro atoms. The Morgan fingerprint density at radius 1 is 1.42 bits per heavy atom. The second kappa shape index (κ2) is 5.73. The molecule has 1 fully saturated rings. The molecule has 0 saturated heterocycles. The molecule has 0 bridgehead atoms. The molecule has 0 aliphatic heterocycles. The van der Waals surface area contributed by atoms with Crippen molar-refractivity contribution in [3.8, 4) is 5.75 Å². The Bertz CT molecular complexity index is 494. The molecule has 0 radical (unpaired) electrons. The van der Waals surface area contributed by atoms with Crippen molar-refractivity contribution in [2.24, 2.45) is 5.92 Å². The third-order valence-electron chi connectivity index (χ3n) is 3.20. The lowest BCUT2D eigenvalue weighted by molar-refractivity contribution is -0.116. The number of hydrogen-bond acceptors (Lipinski definition) is 3. The van der Waals surface area contributed by atoms with E-state index in [9.17, 15) is 9.59 Å². The second-order valence-corrected chi connectivity index (χ2v) is 4.75. The summed E-state index contributed by atoms with van der Waals surface area (Å²) in [4.78, 5) is 22.6.